The molecular weight excluding hydrogens is 603 g/mol. The van der Waals surface area contributed by atoms with Gasteiger partial charge in [-0.1, -0.05) is 30.3 Å². The number of hydrogen-bond donors (Lipinski definition) is 3. The van der Waals surface area contributed by atoms with Crippen LogP contribution in [0, 0.1) is 36.0 Å². The van der Waals surface area contributed by atoms with Crippen LogP contribution in [0.5, 0.6) is 5.75 Å². The number of carbonyl (C=O) groups excluding carboxylic acids is 1. The zero-order valence-electron chi connectivity index (χ0n) is 24.2. The third kappa shape index (κ3) is 7.71. The molecule has 0 unspecified atom stereocenters. The van der Waals surface area contributed by atoms with Crippen molar-refractivity contribution in [1.82, 2.24) is 10.6 Å². The number of aryl methyl sites for hydroxylation is 1. The highest BCUT2D eigenvalue weighted by atomic mass is 32.2. The van der Waals surface area contributed by atoms with Crippen LogP contribution in [-0.4, -0.2) is 47.2 Å². The number of aliphatic carboxylic acids is 1. The second kappa shape index (κ2) is 14.9. The molecule has 1 aliphatic carbocycles. The fourth-order valence-electron chi connectivity index (χ4n) is 5.23. The maximum absolute atomic E-state index is 14.0. The first-order chi connectivity index (χ1) is 21.0. The molecule has 1 aliphatic rings. The lowest BCUT2D eigenvalue weighted by atomic mass is 9.91. The Balaban J connectivity index is 1.44. The molecular formula is C32H33F5N2O4S. The first-order valence-electron chi connectivity index (χ1n) is 14.1. The van der Waals surface area contributed by atoms with Gasteiger partial charge in [0.05, 0.1) is 6.10 Å². The molecule has 1 atom stereocenters. The van der Waals surface area contributed by atoms with Gasteiger partial charge in [-0.05, 0) is 85.4 Å². The van der Waals surface area contributed by atoms with Crippen molar-refractivity contribution in [1.29, 1.82) is 0 Å². The topological polar surface area (TPSA) is 87.7 Å². The van der Waals surface area contributed by atoms with E-state index in [1.807, 2.05) is 43.5 Å². The van der Waals surface area contributed by atoms with Crippen molar-refractivity contribution in [3.05, 3.63) is 88.2 Å². The van der Waals surface area contributed by atoms with Gasteiger partial charge in [-0.15, -0.1) is 0 Å². The van der Waals surface area contributed by atoms with E-state index in [1.165, 1.54) is 11.8 Å². The van der Waals surface area contributed by atoms with Crippen LogP contribution < -0.4 is 15.4 Å². The number of rotatable bonds is 12. The molecule has 1 amide bonds. The average molecular weight is 637 g/mol. The average Bonchev–Trinajstić information content (AvgIpc) is 3.02. The van der Waals surface area contributed by atoms with Crippen molar-refractivity contribution in [2.24, 2.45) is 0 Å². The number of carboxylic acids is 1. The van der Waals surface area contributed by atoms with Gasteiger partial charge in [0.15, 0.2) is 5.75 Å². The van der Waals surface area contributed by atoms with Gasteiger partial charge in [0.1, 0.15) is 6.04 Å². The van der Waals surface area contributed by atoms with Crippen molar-refractivity contribution in [3.63, 3.8) is 0 Å². The number of nitrogens with one attached hydrogen (secondary N) is 2. The fourth-order valence-corrected chi connectivity index (χ4v) is 5.70. The molecule has 0 saturated heterocycles. The summed E-state index contributed by atoms with van der Waals surface area (Å²) in [5, 5.41) is 15.7. The second-order valence-electron chi connectivity index (χ2n) is 10.7. The number of carbonyl (C=O) groups is 2. The molecule has 12 heteroatoms. The first-order valence-corrected chi connectivity index (χ1v) is 15.5. The van der Waals surface area contributed by atoms with E-state index in [-0.39, 0.29) is 6.04 Å². The molecule has 0 heterocycles. The quantitative estimate of drug-likeness (QED) is 0.116. The SMILES string of the molecule is CSCC[C@H](NC(=O)c1ccc(CN[C@H]2CC[C@H](Oc3c(F)c(F)c(F)c(F)c3F)CC2)cc1-c1ccccc1C)C(=O)O. The standard InChI is InChI=1S/C32H33F5N2O4S/c1-17-5-3-4-6-21(17)23-15-18(7-12-22(23)31(40)39-24(32(41)42)13-14-44-2)16-38-19-8-10-20(11-9-19)43-30-28(36)26(34)25(33)27(35)29(30)37/h3-7,12,15,19-20,24,38H,8-11,13-14,16H2,1-2H3,(H,39,40)(H,41,42)/t19-,20-,24-/m0/s1. The summed E-state index contributed by atoms with van der Waals surface area (Å²) in [5.41, 5.74) is 3.66. The second-order valence-corrected chi connectivity index (χ2v) is 11.7. The third-order valence-electron chi connectivity index (χ3n) is 7.70. The summed E-state index contributed by atoms with van der Waals surface area (Å²) < 4.78 is 73.7. The van der Waals surface area contributed by atoms with E-state index in [1.54, 1.807) is 12.1 Å². The Morgan fingerprint density at radius 1 is 0.932 bits per heavy atom. The maximum atomic E-state index is 14.0. The van der Waals surface area contributed by atoms with Gasteiger partial charge in [0, 0.05) is 18.2 Å². The van der Waals surface area contributed by atoms with Gasteiger partial charge in [-0.3, -0.25) is 4.79 Å². The molecule has 1 saturated carbocycles. The molecule has 44 heavy (non-hydrogen) atoms. The minimum absolute atomic E-state index is 0.00359. The number of hydrogen-bond acceptors (Lipinski definition) is 5. The Morgan fingerprint density at radius 2 is 1.57 bits per heavy atom. The molecule has 236 valence electrons. The van der Waals surface area contributed by atoms with E-state index in [2.05, 4.69) is 10.6 Å². The van der Waals surface area contributed by atoms with Gasteiger partial charge in [0.2, 0.25) is 29.1 Å². The summed E-state index contributed by atoms with van der Waals surface area (Å²) >= 11 is 1.50. The lowest BCUT2D eigenvalue weighted by Crippen LogP contribution is -2.41. The third-order valence-corrected chi connectivity index (χ3v) is 8.34. The highest BCUT2D eigenvalue weighted by Crippen LogP contribution is 2.33. The van der Waals surface area contributed by atoms with Crippen molar-refractivity contribution >= 4 is 23.6 Å². The Bertz CT molecular complexity index is 1490. The predicted octanol–water partition coefficient (Wildman–Crippen LogP) is 6.77. The van der Waals surface area contributed by atoms with Crippen molar-refractivity contribution in [3.8, 4) is 16.9 Å². The van der Waals surface area contributed by atoms with E-state index >= 15 is 0 Å². The predicted molar refractivity (Wildman–Crippen MR) is 158 cm³/mol. The molecule has 4 rings (SSSR count). The maximum Gasteiger partial charge on any atom is 0.326 e. The largest absolute Gasteiger partial charge is 0.484 e. The van der Waals surface area contributed by atoms with Crippen LogP contribution in [0.15, 0.2) is 42.5 Å². The van der Waals surface area contributed by atoms with Crippen LogP contribution >= 0.6 is 11.8 Å². The zero-order valence-corrected chi connectivity index (χ0v) is 25.0. The molecule has 0 bridgehead atoms. The van der Waals surface area contributed by atoms with E-state index in [9.17, 15) is 36.6 Å². The normalized spacial score (nSPS) is 17.2. The number of carboxylic acid groups (broad SMARTS) is 1. The van der Waals surface area contributed by atoms with Crippen molar-refractivity contribution in [2.75, 3.05) is 12.0 Å². The van der Waals surface area contributed by atoms with E-state index in [4.69, 9.17) is 4.74 Å². The highest BCUT2D eigenvalue weighted by Gasteiger charge is 2.30. The number of ether oxygens (including phenoxy) is 1. The van der Waals surface area contributed by atoms with Crippen LogP contribution in [0.4, 0.5) is 22.0 Å². The summed E-state index contributed by atoms with van der Waals surface area (Å²) in [7, 11) is 0. The molecule has 3 aromatic carbocycles. The van der Waals surface area contributed by atoms with E-state index < -0.39 is 58.9 Å². The Morgan fingerprint density at radius 3 is 2.18 bits per heavy atom. The smallest absolute Gasteiger partial charge is 0.326 e. The van der Waals surface area contributed by atoms with Gasteiger partial charge in [-0.2, -0.15) is 20.5 Å². The van der Waals surface area contributed by atoms with Gasteiger partial charge in [-0.25, -0.2) is 18.0 Å². The molecule has 3 N–H and O–H groups in total. The molecule has 0 aromatic heterocycles. The van der Waals surface area contributed by atoms with Gasteiger partial charge < -0.3 is 20.5 Å². The summed E-state index contributed by atoms with van der Waals surface area (Å²) in [6.45, 7) is 2.35. The lowest BCUT2D eigenvalue weighted by molar-refractivity contribution is -0.139. The Kier molecular flexibility index (Phi) is 11.3. The summed E-state index contributed by atoms with van der Waals surface area (Å²) in [5.74, 6) is -12.5. The minimum atomic E-state index is -2.23. The zero-order chi connectivity index (χ0) is 32.0. The molecule has 6 nitrogen and oxygen atoms in total. The van der Waals surface area contributed by atoms with E-state index in [0.717, 1.165) is 16.7 Å². The van der Waals surface area contributed by atoms with Crippen molar-refractivity contribution in [2.45, 2.75) is 63.8 Å². The Labute approximate surface area is 256 Å². The van der Waals surface area contributed by atoms with Crippen molar-refractivity contribution < 1.29 is 41.4 Å². The highest BCUT2D eigenvalue weighted by molar-refractivity contribution is 7.98. The van der Waals surface area contributed by atoms with Crippen LogP contribution in [0.1, 0.15) is 53.6 Å². The van der Waals surface area contributed by atoms with E-state index in [0.29, 0.717) is 55.5 Å². The molecule has 1 fully saturated rings. The molecule has 0 aliphatic heterocycles. The monoisotopic (exact) mass is 636 g/mol. The first kappa shape index (κ1) is 33.3. The van der Waals surface area contributed by atoms with Gasteiger partial charge >= 0.3 is 5.97 Å². The van der Waals surface area contributed by atoms with Crippen LogP contribution in [0.25, 0.3) is 11.1 Å². The molecule has 0 spiro atoms. The van der Waals surface area contributed by atoms with Crippen LogP contribution in [0.3, 0.4) is 0 Å². The molecule has 0 radical (unpaired) electrons. The van der Waals surface area contributed by atoms with Crippen LogP contribution in [0.2, 0.25) is 0 Å². The molecule has 3 aromatic rings. The number of benzene rings is 3. The lowest BCUT2D eigenvalue weighted by Gasteiger charge is -2.30. The number of thioether (sulfide) groups is 1. The summed E-state index contributed by atoms with van der Waals surface area (Å²) in [4.78, 5) is 25.0. The summed E-state index contributed by atoms with van der Waals surface area (Å²) in [6.07, 6.45) is 3.20. The number of halogens is 5. The van der Waals surface area contributed by atoms with Crippen LogP contribution in [-0.2, 0) is 11.3 Å². The van der Waals surface area contributed by atoms with Gasteiger partial charge in [0.25, 0.3) is 5.91 Å². The Hall–Kier alpha value is -3.64. The summed E-state index contributed by atoms with van der Waals surface area (Å²) in [6, 6.07) is 11.9. The minimum Gasteiger partial charge on any atom is -0.484 e. The number of amides is 1. The fraction of sp³-hybridized carbons (Fsp3) is 0.375.